The maximum Gasteiger partial charge on any atom is 0.220 e. The van der Waals surface area contributed by atoms with Gasteiger partial charge in [-0.3, -0.25) is 4.79 Å². The number of carbonyl (C=O) groups is 1. The van der Waals surface area contributed by atoms with Gasteiger partial charge in [-0.15, -0.1) is 0 Å². The topological polar surface area (TPSA) is 52.3 Å². The number of ketones is 1. The van der Waals surface area contributed by atoms with Crippen molar-refractivity contribution in [1.82, 2.24) is 0 Å². The zero-order chi connectivity index (χ0) is 26.0. The first-order valence-electron chi connectivity index (χ1n) is 13.6. The monoisotopic (exact) mass is 622 g/mol. The number of rotatable bonds is 6. The van der Waals surface area contributed by atoms with E-state index in [1.807, 2.05) is 30.3 Å². The number of fused-ring (bicyclic) bond motifs is 1. The van der Waals surface area contributed by atoms with Crippen LogP contribution in [-0.2, 0) is 4.79 Å². The van der Waals surface area contributed by atoms with Crippen LogP contribution in [0, 0.1) is 6.92 Å². The summed E-state index contributed by atoms with van der Waals surface area (Å²) in [5, 5.41) is 0. The Bertz CT molecular complexity index is 1290. The Hall–Kier alpha value is -2.64. The molecule has 3 aromatic carbocycles. The minimum absolute atomic E-state index is 0. The van der Waals surface area contributed by atoms with Crippen LogP contribution in [0.15, 0.2) is 72.3 Å². The van der Waals surface area contributed by atoms with E-state index in [9.17, 15) is 4.79 Å². The van der Waals surface area contributed by atoms with Gasteiger partial charge in [-0.2, -0.15) is 0 Å². The van der Waals surface area contributed by atoms with E-state index in [1.165, 1.54) is 24.8 Å². The van der Waals surface area contributed by atoms with Crippen molar-refractivity contribution in [3.63, 3.8) is 0 Å². The van der Waals surface area contributed by atoms with E-state index in [2.05, 4.69) is 63.5 Å². The van der Waals surface area contributed by atoms with Crippen LogP contribution in [-0.4, -0.2) is 37.0 Å². The molecule has 200 valence electrons. The van der Waals surface area contributed by atoms with Crippen LogP contribution >= 0.6 is 0 Å². The molecule has 5 heteroatoms. The molecule has 1 unspecified atom stereocenters. The summed E-state index contributed by atoms with van der Waals surface area (Å²) >= 11 is 0. The molecule has 0 radical (unpaired) electrons. The van der Waals surface area contributed by atoms with Crippen LogP contribution in [0.1, 0.15) is 61.3 Å². The standard InChI is InChI=1S/C33H39N2O2.HI/c1-23-9-11-24(12-10-23)26-15-18-31-28(21-26)22-27(19-20-37-31)33(36)32(25-13-16-29(34)17-14-25)35(2,3)30-7-5-4-6-8-30;/h9-18,21-22,30,32H,4-8,19-20,34H2,1-3H3;1H/q+1;/p-1. The highest BCUT2D eigenvalue weighted by molar-refractivity contribution is 6.03. The average molecular weight is 623 g/mol. The molecule has 2 N–H and O–H groups in total. The fraction of sp³-hybridized carbons (Fsp3) is 0.364. The van der Waals surface area contributed by atoms with E-state index in [4.69, 9.17) is 10.5 Å². The van der Waals surface area contributed by atoms with E-state index >= 15 is 0 Å². The Morgan fingerprint density at radius 3 is 2.26 bits per heavy atom. The Balaban J connectivity index is 0.00000336. The minimum Gasteiger partial charge on any atom is -1.00 e. The smallest absolute Gasteiger partial charge is 0.220 e. The number of likely N-dealkylation sites (N-methyl/N-ethyl adjacent to an activating group) is 1. The number of quaternary nitrogens is 1. The number of halogens is 1. The highest BCUT2D eigenvalue weighted by Gasteiger charge is 2.43. The predicted molar refractivity (Wildman–Crippen MR) is 152 cm³/mol. The quantitative estimate of drug-likeness (QED) is 0.256. The molecule has 1 fully saturated rings. The summed E-state index contributed by atoms with van der Waals surface area (Å²) in [5.74, 6) is 1.03. The number of hydrogen-bond acceptors (Lipinski definition) is 3. The van der Waals surface area contributed by atoms with Gasteiger partial charge in [-0.05, 0) is 74.1 Å². The molecule has 1 aliphatic heterocycles. The summed E-state index contributed by atoms with van der Waals surface area (Å²) in [5.41, 5.74) is 13.1. The third-order valence-corrected chi connectivity index (χ3v) is 8.35. The van der Waals surface area contributed by atoms with E-state index < -0.39 is 0 Å². The van der Waals surface area contributed by atoms with E-state index in [0.717, 1.165) is 52.1 Å². The molecule has 38 heavy (non-hydrogen) atoms. The van der Waals surface area contributed by atoms with Crippen molar-refractivity contribution in [2.75, 3.05) is 26.4 Å². The lowest BCUT2D eigenvalue weighted by molar-refractivity contribution is -0.936. The van der Waals surface area contributed by atoms with Crippen LogP contribution in [0.3, 0.4) is 0 Å². The van der Waals surface area contributed by atoms with Crippen molar-refractivity contribution in [3.8, 4) is 16.9 Å². The second kappa shape index (κ2) is 12.0. The molecular weight excluding hydrogens is 583 g/mol. The van der Waals surface area contributed by atoms with Gasteiger partial charge in [0.15, 0.2) is 6.04 Å². The van der Waals surface area contributed by atoms with Crippen molar-refractivity contribution < 1.29 is 38.0 Å². The van der Waals surface area contributed by atoms with Gasteiger partial charge in [0.05, 0.1) is 26.7 Å². The molecule has 3 aromatic rings. The van der Waals surface area contributed by atoms with Crippen molar-refractivity contribution in [2.45, 2.75) is 57.5 Å². The lowest BCUT2D eigenvalue weighted by Crippen LogP contribution is -3.00. The first kappa shape index (κ1) is 28.4. The van der Waals surface area contributed by atoms with Gasteiger partial charge in [0.1, 0.15) is 5.75 Å². The highest BCUT2D eigenvalue weighted by Crippen LogP contribution is 2.39. The molecule has 1 atom stereocenters. The molecule has 0 spiro atoms. The maximum absolute atomic E-state index is 14.5. The van der Waals surface area contributed by atoms with Gasteiger partial charge >= 0.3 is 0 Å². The fourth-order valence-electron chi connectivity index (χ4n) is 6.09. The molecule has 1 heterocycles. The minimum atomic E-state index is -0.281. The van der Waals surface area contributed by atoms with Crippen LogP contribution < -0.4 is 34.4 Å². The van der Waals surface area contributed by atoms with Crippen molar-refractivity contribution in [3.05, 3.63) is 89.0 Å². The molecular formula is C33H39IN2O2. The molecule has 2 aliphatic rings. The van der Waals surface area contributed by atoms with Crippen molar-refractivity contribution >= 4 is 17.5 Å². The summed E-state index contributed by atoms with van der Waals surface area (Å²) in [4.78, 5) is 14.5. The average Bonchev–Trinajstić information content (AvgIpc) is 3.13. The fourth-order valence-corrected chi connectivity index (χ4v) is 6.09. The number of anilines is 1. The number of hydrogen-bond donors (Lipinski definition) is 1. The number of aryl methyl sites for hydroxylation is 1. The van der Waals surface area contributed by atoms with E-state index in [0.29, 0.717) is 23.6 Å². The van der Waals surface area contributed by atoms with Crippen LogP contribution in [0.25, 0.3) is 17.2 Å². The van der Waals surface area contributed by atoms with Gasteiger partial charge in [0, 0.05) is 28.8 Å². The zero-order valence-electron chi connectivity index (χ0n) is 22.8. The Morgan fingerprint density at radius 1 is 0.921 bits per heavy atom. The van der Waals surface area contributed by atoms with Crippen LogP contribution in [0.5, 0.6) is 5.75 Å². The third kappa shape index (κ3) is 5.99. The molecule has 1 saturated carbocycles. The Kier molecular flexibility index (Phi) is 8.99. The first-order chi connectivity index (χ1) is 17.8. The molecule has 5 rings (SSSR count). The zero-order valence-corrected chi connectivity index (χ0v) is 24.9. The van der Waals surface area contributed by atoms with E-state index in [-0.39, 0.29) is 35.8 Å². The number of nitrogens with two attached hydrogens (primary N) is 1. The largest absolute Gasteiger partial charge is 1.00 e. The van der Waals surface area contributed by atoms with Crippen LogP contribution in [0.2, 0.25) is 0 Å². The van der Waals surface area contributed by atoms with Crippen LogP contribution in [0.4, 0.5) is 5.69 Å². The number of Topliss-reactive ketones (excluding diaryl/α,β-unsaturated/α-hetero) is 1. The summed E-state index contributed by atoms with van der Waals surface area (Å²) < 4.78 is 6.78. The number of benzene rings is 3. The Morgan fingerprint density at radius 2 is 1.58 bits per heavy atom. The van der Waals surface area contributed by atoms with Gasteiger partial charge in [-0.1, -0.05) is 54.4 Å². The number of nitrogen functional groups attached to an aromatic ring is 1. The number of nitrogens with zero attached hydrogens (tertiary/aromatic N) is 1. The normalized spacial score (nSPS) is 16.8. The summed E-state index contributed by atoms with van der Waals surface area (Å²) in [6.45, 7) is 2.60. The van der Waals surface area contributed by atoms with E-state index in [1.54, 1.807) is 0 Å². The third-order valence-electron chi connectivity index (χ3n) is 8.35. The molecule has 0 amide bonds. The van der Waals surface area contributed by atoms with Crippen molar-refractivity contribution in [2.24, 2.45) is 0 Å². The Labute approximate surface area is 244 Å². The predicted octanol–water partition coefficient (Wildman–Crippen LogP) is 4.13. The molecule has 1 aliphatic carbocycles. The van der Waals surface area contributed by atoms with Gasteiger partial charge < -0.3 is 38.9 Å². The molecule has 0 bridgehead atoms. The number of ether oxygens (including phenoxy) is 1. The second-order valence-electron chi connectivity index (χ2n) is 11.2. The lowest BCUT2D eigenvalue weighted by atomic mass is 9.86. The SMILES string of the molecule is Cc1ccc(-c2ccc3c(c2)C=C(C(=O)C(c2ccc(N)cc2)[N+](C)(C)C2CCCCC2)CCO3)cc1.[I-]. The summed E-state index contributed by atoms with van der Waals surface area (Å²) in [6, 6.07) is 22.9. The molecule has 0 saturated heterocycles. The summed E-state index contributed by atoms with van der Waals surface area (Å²) in [7, 11) is 4.48. The number of carbonyl (C=O) groups excluding carboxylic acids is 1. The first-order valence-corrected chi connectivity index (χ1v) is 13.6. The van der Waals surface area contributed by atoms with Crippen molar-refractivity contribution in [1.29, 1.82) is 0 Å². The molecule has 4 nitrogen and oxygen atoms in total. The second-order valence-corrected chi connectivity index (χ2v) is 11.2. The maximum atomic E-state index is 14.5. The summed E-state index contributed by atoms with van der Waals surface area (Å²) in [6.07, 6.45) is 8.77. The van der Waals surface area contributed by atoms with Gasteiger partial charge in [-0.25, -0.2) is 0 Å². The molecule has 0 aromatic heterocycles. The highest BCUT2D eigenvalue weighted by atomic mass is 127. The lowest BCUT2D eigenvalue weighted by Gasteiger charge is -2.45. The van der Waals surface area contributed by atoms with Gasteiger partial charge in [0.25, 0.3) is 0 Å². The van der Waals surface area contributed by atoms with Gasteiger partial charge in [0.2, 0.25) is 5.78 Å².